The van der Waals surface area contributed by atoms with Crippen molar-refractivity contribution in [2.24, 2.45) is 0 Å². The molecule has 5 nitrogen and oxygen atoms in total. The lowest BCUT2D eigenvalue weighted by Crippen LogP contribution is -2.28. The molecule has 88 valence electrons. The van der Waals surface area contributed by atoms with Crippen molar-refractivity contribution in [3.63, 3.8) is 0 Å². The fourth-order valence-electron chi connectivity index (χ4n) is 1.97. The molecule has 0 aliphatic carbocycles. The van der Waals surface area contributed by atoms with Crippen LogP contribution in [0.25, 0.3) is 0 Å². The molecule has 1 unspecified atom stereocenters. The van der Waals surface area contributed by atoms with Crippen molar-refractivity contribution in [3.05, 3.63) is 17.7 Å². The van der Waals surface area contributed by atoms with Crippen LogP contribution in [0.5, 0.6) is 0 Å². The summed E-state index contributed by atoms with van der Waals surface area (Å²) >= 11 is 0. The number of ether oxygens (including phenoxy) is 2. The van der Waals surface area contributed by atoms with Crippen molar-refractivity contribution in [1.29, 1.82) is 0 Å². The molecule has 0 fully saturated rings. The highest BCUT2D eigenvalue weighted by atomic mass is 16.5. The summed E-state index contributed by atoms with van der Waals surface area (Å²) in [6, 6.07) is 0. The number of aryl methyl sites for hydroxylation is 1. The van der Waals surface area contributed by atoms with Gasteiger partial charge in [0.2, 0.25) is 5.82 Å². The van der Waals surface area contributed by atoms with Crippen LogP contribution in [0.4, 0.5) is 0 Å². The van der Waals surface area contributed by atoms with Crippen molar-refractivity contribution >= 4 is 5.97 Å². The van der Waals surface area contributed by atoms with E-state index in [1.807, 2.05) is 4.57 Å². The molecule has 0 radical (unpaired) electrons. The van der Waals surface area contributed by atoms with Gasteiger partial charge in [-0.3, -0.25) is 0 Å². The van der Waals surface area contributed by atoms with Gasteiger partial charge in [0, 0.05) is 19.0 Å². The van der Waals surface area contributed by atoms with Gasteiger partial charge in [-0.15, -0.1) is 0 Å². The van der Waals surface area contributed by atoms with Crippen LogP contribution in [-0.2, 0) is 22.4 Å². The van der Waals surface area contributed by atoms with Gasteiger partial charge in [0.05, 0.1) is 19.3 Å². The third-order valence-electron chi connectivity index (χ3n) is 2.84. The van der Waals surface area contributed by atoms with E-state index in [1.165, 1.54) is 0 Å². The highest BCUT2D eigenvalue weighted by Crippen LogP contribution is 2.19. The number of fused-ring (bicyclic) bond motifs is 1. The average molecular weight is 224 g/mol. The molecular weight excluding hydrogens is 208 g/mol. The number of rotatable bonds is 3. The molecule has 1 aliphatic heterocycles. The Morgan fingerprint density at radius 3 is 3.19 bits per heavy atom. The van der Waals surface area contributed by atoms with E-state index < -0.39 is 0 Å². The number of methoxy groups -OCH3 is 1. The number of esters is 1. The SMILES string of the molecule is CCOC(=O)c1ncc2n1CC(OC)CC2. The number of hydrogen-bond donors (Lipinski definition) is 0. The quantitative estimate of drug-likeness (QED) is 0.719. The smallest absolute Gasteiger partial charge is 0.374 e. The number of aromatic nitrogens is 2. The van der Waals surface area contributed by atoms with Crippen LogP contribution < -0.4 is 0 Å². The monoisotopic (exact) mass is 224 g/mol. The standard InChI is InChI=1S/C11H16N2O3/c1-3-16-11(14)10-12-6-8-4-5-9(15-2)7-13(8)10/h6,9H,3-5,7H2,1-2H3. The number of carbonyl (C=O) groups is 1. The third kappa shape index (κ3) is 1.95. The van der Waals surface area contributed by atoms with E-state index in [9.17, 15) is 4.79 Å². The molecule has 1 aromatic rings. The molecule has 0 saturated carbocycles. The Kier molecular flexibility index (Phi) is 3.24. The van der Waals surface area contributed by atoms with E-state index in [-0.39, 0.29) is 12.1 Å². The predicted molar refractivity (Wildman–Crippen MR) is 57.3 cm³/mol. The zero-order valence-electron chi connectivity index (χ0n) is 9.60. The molecule has 0 N–H and O–H groups in total. The van der Waals surface area contributed by atoms with Gasteiger partial charge in [-0.05, 0) is 19.8 Å². The van der Waals surface area contributed by atoms with E-state index in [2.05, 4.69) is 4.98 Å². The van der Waals surface area contributed by atoms with Gasteiger partial charge in [-0.2, -0.15) is 0 Å². The van der Waals surface area contributed by atoms with Gasteiger partial charge in [-0.1, -0.05) is 0 Å². The van der Waals surface area contributed by atoms with E-state index in [1.54, 1.807) is 20.2 Å². The Morgan fingerprint density at radius 1 is 1.69 bits per heavy atom. The van der Waals surface area contributed by atoms with E-state index >= 15 is 0 Å². The zero-order valence-corrected chi connectivity index (χ0v) is 9.60. The first-order valence-corrected chi connectivity index (χ1v) is 5.50. The maximum absolute atomic E-state index is 11.6. The molecule has 0 bridgehead atoms. The summed E-state index contributed by atoms with van der Waals surface area (Å²) in [6.07, 6.45) is 3.78. The zero-order chi connectivity index (χ0) is 11.5. The average Bonchev–Trinajstić information content (AvgIpc) is 2.71. The molecule has 5 heteroatoms. The number of imidazole rings is 1. The van der Waals surface area contributed by atoms with Gasteiger partial charge >= 0.3 is 5.97 Å². The normalized spacial score (nSPS) is 19.2. The van der Waals surface area contributed by atoms with Crippen LogP contribution in [0.3, 0.4) is 0 Å². The summed E-state index contributed by atoms with van der Waals surface area (Å²) in [5, 5.41) is 0. The van der Waals surface area contributed by atoms with Gasteiger partial charge in [-0.25, -0.2) is 9.78 Å². The van der Waals surface area contributed by atoms with Crippen LogP contribution in [0, 0.1) is 0 Å². The lowest BCUT2D eigenvalue weighted by molar-refractivity contribution is 0.0475. The molecule has 1 aliphatic rings. The van der Waals surface area contributed by atoms with Crippen molar-refractivity contribution in [3.8, 4) is 0 Å². The van der Waals surface area contributed by atoms with Crippen LogP contribution in [-0.4, -0.2) is 35.3 Å². The lowest BCUT2D eigenvalue weighted by atomic mass is 10.1. The minimum Gasteiger partial charge on any atom is -0.460 e. The fourth-order valence-corrected chi connectivity index (χ4v) is 1.97. The molecule has 1 aromatic heterocycles. The maximum atomic E-state index is 11.6. The molecule has 2 heterocycles. The van der Waals surface area contributed by atoms with Crippen molar-refractivity contribution < 1.29 is 14.3 Å². The summed E-state index contributed by atoms with van der Waals surface area (Å²) in [6.45, 7) is 2.84. The van der Waals surface area contributed by atoms with Crippen LogP contribution in [0.2, 0.25) is 0 Å². The highest BCUT2D eigenvalue weighted by molar-refractivity contribution is 5.85. The predicted octanol–water partition coefficient (Wildman–Crippen LogP) is 1.02. The van der Waals surface area contributed by atoms with Crippen LogP contribution >= 0.6 is 0 Å². The summed E-state index contributed by atoms with van der Waals surface area (Å²) in [7, 11) is 1.69. The molecule has 2 rings (SSSR count). The Balaban J connectivity index is 2.22. The second-order valence-corrected chi connectivity index (χ2v) is 3.80. The largest absolute Gasteiger partial charge is 0.460 e. The first-order chi connectivity index (χ1) is 7.76. The molecule has 0 amide bonds. The van der Waals surface area contributed by atoms with Crippen molar-refractivity contribution in [2.75, 3.05) is 13.7 Å². The number of nitrogens with zero attached hydrogens (tertiary/aromatic N) is 2. The van der Waals surface area contributed by atoms with Crippen LogP contribution in [0.15, 0.2) is 6.20 Å². The van der Waals surface area contributed by atoms with E-state index in [4.69, 9.17) is 9.47 Å². The van der Waals surface area contributed by atoms with Gasteiger partial charge < -0.3 is 14.0 Å². The number of carbonyl (C=O) groups excluding carboxylic acids is 1. The fraction of sp³-hybridized carbons (Fsp3) is 0.636. The first kappa shape index (κ1) is 11.1. The van der Waals surface area contributed by atoms with Crippen LogP contribution in [0.1, 0.15) is 29.7 Å². The van der Waals surface area contributed by atoms with Gasteiger partial charge in [0.15, 0.2) is 0 Å². The summed E-state index contributed by atoms with van der Waals surface area (Å²) in [4.78, 5) is 15.7. The lowest BCUT2D eigenvalue weighted by Gasteiger charge is -2.23. The topological polar surface area (TPSA) is 53.3 Å². The molecule has 16 heavy (non-hydrogen) atoms. The summed E-state index contributed by atoms with van der Waals surface area (Å²) in [5.74, 6) is 0.0316. The Bertz CT molecular complexity index is 387. The molecule has 0 aromatic carbocycles. The Labute approximate surface area is 94.4 Å². The Hall–Kier alpha value is -1.36. The minimum atomic E-state index is -0.356. The Morgan fingerprint density at radius 2 is 2.50 bits per heavy atom. The highest BCUT2D eigenvalue weighted by Gasteiger charge is 2.24. The molecule has 1 atom stereocenters. The molecular formula is C11H16N2O3. The summed E-state index contributed by atoms with van der Waals surface area (Å²) in [5.41, 5.74) is 1.08. The summed E-state index contributed by atoms with van der Waals surface area (Å²) < 4.78 is 12.2. The van der Waals surface area contributed by atoms with E-state index in [0.29, 0.717) is 19.0 Å². The van der Waals surface area contributed by atoms with Crippen molar-refractivity contribution in [1.82, 2.24) is 9.55 Å². The maximum Gasteiger partial charge on any atom is 0.374 e. The first-order valence-electron chi connectivity index (χ1n) is 5.50. The molecule has 0 saturated heterocycles. The van der Waals surface area contributed by atoms with Crippen molar-refractivity contribution in [2.45, 2.75) is 32.4 Å². The molecule has 0 spiro atoms. The second kappa shape index (κ2) is 4.65. The third-order valence-corrected chi connectivity index (χ3v) is 2.84. The number of hydrogen-bond acceptors (Lipinski definition) is 4. The van der Waals surface area contributed by atoms with Gasteiger partial charge in [0.25, 0.3) is 0 Å². The second-order valence-electron chi connectivity index (χ2n) is 3.80. The van der Waals surface area contributed by atoms with E-state index in [0.717, 1.165) is 18.5 Å². The minimum absolute atomic E-state index is 0.162. The van der Waals surface area contributed by atoms with Gasteiger partial charge in [0.1, 0.15) is 0 Å².